The number of hydrogen-bond acceptors (Lipinski definition) is 4. The molecule has 0 saturated heterocycles. The van der Waals surface area contributed by atoms with Crippen molar-refractivity contribution in [3.05, 3.63) is 124 Å². The molecule has 0 saturated carbocycles. The first kappa shape index (κ1) is 24.9. The number of anilines is 1. The van der Waals surface area contributed by atoms with Crippen LogP contribution in [0.4, 0.5) is 5.69 Å². The Morgan fingerprint density at radius 3 is 2.50 bits per heavy atom. The van der Waals surface area contributed by atoms with Gasteiger partial charge >= 0.3 is 0 Å². The number of carbonyl (C=O) groups is 2. The number of aromatic nitrogens is 2. The maximum absolute atomic E-state index is 13.5. The van der Waals surface area contributed by atoms with Crippen LogP contribution in [0.3, 0.4) is 0 Å². The number of halogens is 1. The molecule has 2 heterocycles. The second-order valence-electron chi connectivity index (χ2n) is 8.49. The zero-order valence-corrected chi connectivity index (χ0v) is 21.0. The van der Waals surface area contributed by atoms with Crippen LogP contribution in [0.2, 0.25) is 5.02 Å². The highest BCUT2D eigenvalue weighted by molar-refractivity contribution is 6.35. The van der Waals surface area contributed by atoms with Crippen LogP contribution < -0.4 is 20.9 Å². The summed E-state index contributed by atoms with van der Waals surface area (Å²) in [4.78, 5) is 41.9. The fraction of sp³-hybridized carbons (Fsp3) is 0.0690. The third kappa shape index (κ3) is 5.02. The number of H-pyrrole nitrogens is 1. The number of rotatable bonds is 7. The van der Waals surface area contributed by atoms with Gasteiger partial charge in [-0.2, -0.15) is 0 Å². The Balaban J connectivity index is 1.42. The first-order valence-corrected chi connectivity index (χ1v) is 12.1. The van der Waals surface area contributed by atoms with Crippen molar-refractivity contribution in [1.82, 2.24) is 14.9 Å². The van der Waals surface area contributed by atoms with Crippen LogP contribution in [0, 0.1) is 0 Å². The van der Waals surface area contributed by atoms with Gasteiger partial charge in [-0.05, 0) is 48.5 Å². The quantitative estimate of drug-likeness (QED) is 0.275. The zero-order valence-electron chi connectivity index (χ0n) is 20.3. The second kappa shape index (κ2) is 10.7. The Labute approximate surface area is 222 Å². The minimum absolute atomic E-state index is 0.164. The van der Waals surface area contributed by atoms with Gasteiger partial charge < -0.3 is 20.4 Å². The SMILES string of the molecule is COc1ccccc1C(NC(=O)c1ccc2c(Cl)c[nH]c2c1)C(=O)Nc1ccc(-n2ccccc2=O)cc1. The Morgan fingerprint density at radius 1 is 0.974 bits per heavy atom. The molecule has 0 radical (unpaired) electrons. The average Bonchev–Trinajstić information content (AvgIpc) is 3.32. The van der Waals surface area contributed by atoms with Crippen molar-refractivity contribution in [3.8, 4) is 11.4 Å². The lowest BCUT2D eigenvalue weighted by molar-refractivity contribution is -0.118. The van der Waals surface area contributed by atoms with Crippen molar-refractivity contribution in [2.45, 2.75) is 6.04 Å². The van der Waals surface area contributed by atoms with Crippen molar-refractivity contribution in [3.63, 3.8) is 0 Å². The number of nitrogens with zero attached hydrogens (tertiary/aromatic N) is 1. The highest BCUT2D eigenvalue weighted by atomic mass is 35.5. The molecule has 8 nitrogen and oxygen atoms in total. The zero-order chi connectivity index (χ0) is 26.6. The van der Waals surface area contributed by atoms with Crippen molar-refractivity contribution >= 4 is 40.0 Å². The number of hydrogen-bond donors (Lipinski definition) is 3. The summed E-state index contributed by atoms with van der Waals surface area (Å²) in [5.74, 6) is -0.447. The predicted molar refractivity (Wildman–Crippen MR) is 147 cm³/mol. The summed E-state index contributed by atoms with van der Waals surface area (Å²) < 4.78 is 6.96. The first-order chi connectivity index (χ1) is 18.4. The number of pyridine rings is 1. The third-order valence-electron chi connectivity index (χ3n) is 6.12. The smallest absolute Gasteiger partial charge is 0.255 e. The fourth-order valence-corrected chi connectivity index (χ4v) is 4.42. The molecule has 0 aliphatic carbocycles. The van der Waals surface area contributed by atoms with Crippen LogP contribution in [-0.2, 0) is 4.79 Å². The highest BCUT2D eigenvalue weighted by Crippen LogP contribution is 2.28. The van der Waals surface area contributed by atoms with Gasteiger partial charge in [0.15, 0.2) is 0 Å². The van der Waals surface area contributed by atoms with Gasteiger partial charge in [-0.3, -0.25) is 19.0 Å². The van der Waals surface area contributed by atoms with E-state index in [0.29, 0.717) is 38.8 Å². The molecule has 190 valence electrons. The number of para-hydroxylation sites is 1. The maximum Gasteiger partial charge on any atom is 0.255 e. The summed E-state index contributed by atoms with van der Waals surface area (Å²) in [6.07, 6.45) is 3.32. The molecule has 2 aromatic heterocycles. The van der Waals surface area contributed by atoms with Crippen LogP contribution in [0.5, 0.6) is 5.75 Å². The molecule has 1 atom stereocenters. The van der Waals surface area contributed by atoms with E-state index in [1.54, 1.807) is 91.3 Å². The Kier molecular flexibility index (Phi) is 6.97. The van der Waals surface area contributed by atoms with E-state index in [2.05, 4.69) is 15.6 Å². The van der Waals surface area contributed by atoms with Crippen LogP contribution in [0.15, 0.2) is 102 Å². The van der Waals surface area contributed by atoms with Gasteiger partial charge in [0.05, 0.1) is 12.1 Å². The Hall–Kier alpha value is -4.82. The number of benzene rings is 3. The largest absolute Gasteiger partial charge is 0.496 e. The molecular formula is C29H23ClN4O4. The highest BCUT2D eigenvalue weighted by Gasteiger charge is 2.26. The van der Waals surface area contributed by atoms with Crippen LogP contribution in [0.25, 0.3) is 16.6 Å². The number of nitrogens with one attached hydrogen (secondary N) is 3. The fourth-order valence-electron chi connectivity index (χ4n) is 4.20. The standard InChI is InChI=1S/C29H23ClN4O4/c1-38-25-7-3-2-6-22(25)27(33-28(36)18-9-14-21-23(30)17-31-24(21)16-18)29(37)32-19-10-12-20(13-11-19)34-15-5-4-8-26(34)35/h2-17,27,31H,1H3,(H,32,37)(H,33,36). The number of fused-ring (bicyclic) bond motifs is 1. The summed E-state index contributed by atoms with van der Waals surface area (Å²) in [5, 5.41) is 7.04. The normalized spacial score (nSPS) is 11.6. The molecule has 0 aliphatic rings. The minimum Gasteiger partial charge on any atom is -0.496 e. The summed E-state index contributed by atoms with van der Waals surface area (Å²) in [6, 6.07) is 22.8. The van der Waals surface area contributed by atoms with Crippen molar-refractivity contribution < 1.29 is 14.3 Å². The second-order valence-corrected chi connectivity index (χ2v) is 8.90. The van der Waals surface area contributed by atoms with Gasteiger partial charge in [0.1, 0.15) is 11.8 Å². The van der Waals surface area contributed by atoms with E-state index in [0.717, 1.165) is 5.39 Å². The molecule has 0 fully saturated rings. The first-order valence-electron chi connectivity index (χ1n) is 11.7. The van der Waals surface area contributed by atoms with E-state index in [4.69, 9.17) is 16.3 Å². The van der Waals surface area contributed by atoms with Gasteiger partial charge in [-0.15, -0.1) is 0 Å². The van der Waals surface area contributed by atoms with Crippen molar-refractivity contribution in [2.75, 3.05) is 12.4 Å². The van der Waals surface area contributed by atoms with E-state index < -0.39 is 17.9 Å². The lowest BCUT2D eigenvalue weighted by Crippen LogP contribution is -2.37. The molecule has 38 heavy (non-hydrogen) atoms. The monoisotopic (exact) mass is 526 g/mol. The number of amides is 2. The molecule has 2 amide bonds. The average molecular weight is 527 g/mol. The van der Waals surface area contributed by atoms with Gasteiger partial charge in [0.25, 0.3) is 17.4 Å². The van der Waals surface area contributed by atoms with Crippen LogP contribution >= 0.6 is 11.6 Å². The van der Waals surface area contributed by atoms with Crippen molar-refractivity contribution in [2.24, 2.45) is 0 Å². The minimum atomic E-state index is -1.06. The van der Waals surface area contributed by atoms with Gasteiger partial charge in [0, 0.05) is 51.9 Å². The number of carbonyl (C=O) groups excluding carboxylic acids is 2. The van der Waals surface area contributed by atoms with Crippen LogP contribution in [-0.4, -0.2) is 28.5 Å². The molecule has 5 rings (SSSR count). The molecule has 0 bridgehead atoms. The summed E-state index contributed by atoms with van der Waals surface area (Å²) in [6.45, 7) is 0. The Morgan fingerprint density at radius 2 is 1.74 bits per heavy atom. The molecule has 0 aliphatic heterocycles. The topological polar surface area (TPSA) is 105 Å². The van der Waals surface area contributed by atoms with E-state index >= 15 is 0 Å². The Bertz CT molecular complexity index is 1690. The molecule has 3 N–H and O–H groups in total. The number of ether oxygens (including phenoxy) is 1. The lowest BCUT2D eigenvalue weighted by atomic mass is 10.0. The van der Waals surface area contributed by atoms with E-state index in [-0.39, 0.29) is 5.56 Å². The maximum atomic E-state index is 13.5. The number of aromatic amines is 1. The van der Waals surface area contributed by atoms with E-state index in [1.807, 2.05) is 0 Å². The summed E-state index contributed by atoms with van der Waals surface area (Å²) in [7, 11) is 1.50. The molecule has 5 aromatic rings. The van der Waals surface area contributed by atoms with Gasteiger partial charge in [-0.25, -0.2) is 0 Å². The number of methoxy groups -OCH3 is 1. The lowest BCUT2D eigenvalue weighted by Gasteiger charge is -2.21. The van der Waals surface area contributed by atoms with Crippen molar-refractivity contribution in [1.29, 1.82) is 0 Å². The van der Waals surface area contributed by atoms with E-state index in [1.165, 1.54) is 17.7 Å². The molecular weight excluding hydrogens is 504 g/mol. The van der Waals surface area contributed by atoms with Crippen LogP contribution in [0.1, 0.15) is 22.0 Å². The summed E-state index contributed by atoms with van der Waals surface area (Å²) >= 11 is 6.16. The van der Waals surface area contributed by atoms with E-state index in [9.17, 15) is 14.4 Å². The third-order valence-corrected chi connectivity index (χ3v) is 6.43. The van der Waals surface area contributed by atoms with Gasteiger partial charge in [0.2, 0.25) is 0 Å². The predicted octanol–water partition coefficient (Wildman–Crippen LogP) is 5.09. The molecule has 1 unspecified atom stereocenters. The summed E-state index contributed by atoms with van der Waals surface area (Å²) in [5.41, 5.74) is 2.56. The van der Waals surface area contributed by atoms with Gasteiger partial charge in [-0.1, -0.05) is 41.9 Å². The molecule has 3 aromatic carbocycles. The molecule has 0 spiro atoms. The molecule has 9 heteroatoms.